The molecule has 2 N–H and O–H groups in total. The third kappa shape index (κ3) is 1.03. The molecule has 1 heteroatoms. The van der Waals surface area contributed by atoms with Crippen molar-refractivity contribution in [3.05, 3.63) is 0 Å². The minimum atomic E-state index is 0.864. The zero-order chi connectivity index (χ0) is 6.15. The molecule has 0 saturated heterocycles. The van der Waals surface area contributed by atoms with Crippen LogP contribution in [0, 0.1) is 17.8 Å². The highest BCUT2D eigenvalue weighted by Crippen LogP contribution is 2.42. The van der Waals surface area contributed by atoms with Gasteiger partial charge in [-0.25, -0.2) is 0 Å². The first kappa shape index (κ1) is 6.09. The Morgan fingerprint density at radius 1 is 1.62 bits per heavy atom. The number of hydrogen-bond donors (Lipinski definition) is 1. The minimum absolute atomic E-state index is 0.864. The van der Waals surface area contributed by atoms with E-state index in [1.54, 1.807) is 0 Å². The molecule has 1 aliphatic rings. The normalized spacial score (nSPS) is 36.0. The zero-order valence-corrected chi connectivity index (χ0v) is 5.72. The first-order valence-corrected chi connectivity index (χ1v) is 3.45. The van der Waals surface area contributed by atoms with Gasteiger partial charge < -0.3 is 5.73 Å². The second-order valence-electron chi connectivity index (χ2n) is 3.14. The van der Waals surface area contributed by atoms with Crippen LogP contribution < -0.4 is 5.73 Å². The molecular formula is C7H15N. The molecule has 0 radical (unpaired) electrons. The van der Waals surface area contributed by atoms with Crippen molar-refractivity contribution in [2.45, 2.75) is 20.3 Å². The molecule has 0 unspecified atom stereocenters. The summed E-state index contributed by atoms with van der Waals surface area (Å²) < 4.78 is 0. The van der Waals surface area contributed by atoms with Crippen molar-refractivity contribution < 1.29 is 0 Å². The first-order valence-electron chi connectivity index (χ1n) is 3.45. The molecule has 8 heavy (non-hydrogen) atoms. The molecule has 0 aliphatic heterocycles. The summed E-state index contributed by atoms with van der Waals surface area (Å²) in [5.74, 6) is 2.69. The van der Waals surface area contributed by atoms with Gasteiger partial charge in [-0.1, -0.05) is 13.8 Å². The zero-order valence-electron chi connectivity index (χ0n) is 5.72. The van der Waals surface area contributed by atoms with Gasteiger partial charge in [0.05, 0.1) is 0 Å². The van der Waals surface area contributed by atoms with E-state index >= 15 is 0 Å². The lowest BCUT2D eigenvalue weighted by Gasteiger charge is -1.98. The summed E-state index contributed by atoms with van der Waals surface area (Å²) in [5.41, 5.74) is 5.46. The molecule has 1 aliphatic carbocycles. The Hall–Kier alpha value is -0.0400. The highest BCUT2D eigenvalue weighted by atomic mass is 14.6. The van der Waals surface area contributed by atoms with E-state index in [0.29, 0.717) is 0 Å². The average molecular weight is 113 g/mol. The molecule has 0 aromatic carbocycles. The van der Waals surface area contributed by atoms with E-state index in [2.05, 4.69) is 13.8 Å². The molecular weight excluding hydrogens is 98.1 g/mol. The van der Waals surface area contributed by atoms with Crippen LogP contribution in [0.1, 0.15) is 20.3 Å². The van der Waals surface area contributed by atoms with Crippen molar-refractivity contribution in [2.24, 2.45) is 23.5 Å². The maximum absolute atomic E-state index is 5.46. The van der Waals surface area contributed by atoms with Crippen LogP contribution in [-0.4, -0.2) is 6.54 Å². The van der Waals surface area contributed by atoms with Crippen LogP contribution in [0.2, 0.25) is 0 Å². The fourth-order valence-corrected chi connectivity index (χ4v) is 1.36. The molecule has 1 fully saturated rings. The summed E-state index contributed by atoms with van der Waals surface area (Å²) in [6.07, 6.45) is 1.38. The van der Waals surface area contributed by atoms with E-state index < -0.39 is 0 Å². The smallest absolute Gasteiger partial charge is 0.00460 e. The van der Waals surface area contributed by atoms with E-state index in [4.69, 9.17) is 5.73 Å². The van der Waals surface area contributed by atoms with E-state index in [1.165, 1.54) is 6.42 Å². The largest absolute Gasteiger partial charge is 0.330 e. The molecule has 0 aromatic heterocycles. The van der Waals surface area contributed by atoms with E-state index in [-0.39, 0.29) is 0 Å². The van der Waals surface area contributed by atoms with Gasteiger partial charge in [0.1, 0.15) is 0 Å². The lowest BCUT2D eigenvalue weighted by Crippen LogP contribution is -2.04. The van der Waals surface area contributed by atoms with Crippen LogP contribution in [0.25, 0.3) is 0 Å². The van der Waals surface area contributed by atoms with E-state index in [0.717, 1.165) is 24.3 Å². The summed E-state index contributed by atoms with van der Waals surface area (Å²) >= 11 is 0. The topological polar surface area (TPSA) is 26.0 Å². The van der Waals surface area contributed by atoms with Gasteiger partial charge in [0.15, 0.2) is 0 Å². The molecule has 0 aromatic rings. The van der Waals surface area contributed by atoms with Gasteiger partial charge in [0.25, 0.3) is 0 Å². The number of nitrogens with two attached hydrogens (primary N) is 1. The van der Waals surface area contributed by atoms with E-state index in [1.807, 2.05) is 0 Å². The predicted molar refractivity (Wildman–Crippen MR) is 35.5 cm³/mol. The minimum Gasteiger partial charge on any atom is -0.330 e. The summed E-state index contributed by atoms with van der Waals surface area (Å²) in [5, 5.41) is 0. The Bertz CT molecular complexity index is 78.5. The van der Waals surface area contributed by atoms with E-state index in [9.17, 15) is 0 Å². The molecule has 0 amide bonds. The lowest BCUT2D eigenvalue weighted by molar-refractivity contribution is 0.520. The molecule has 2 atom stereocenters. The molecule has 0 bridgehead atoms. The Balaban J connectivity index is 2.16. The van der Waals surface area contributed by atoms with Crippen LogP contribution in [0.15, 0.2) is 0 Å². The van der Waals surface area contributed by atoms with Gasteiger partial charge in [-0.05, 0) is 30.7 Å². The van der Waals surface area contributed by atoms with Gasteiger partial charge in [-0.2, -0.15) is 0 Å². The highest BCUT2D eigenvalue weighted by molar-refractivity contribution is 4.88. The monoisotopic (exact) mass is 113 g/mol. The summed E-state index contributed by atoms with van der Waals surface area (Å²) in [6.45, 7) is 5.46. The standard InChI is InChI=1S/C7H15N/c1-5(2)7-3-6(7)4-8/h5-7H,3-4,8H2,1-2H3/t6-,7-/m0/s1. The van der Waals surface area contributed by atoms with Crippen molar-refractivity contribution in [1.29, 1.82) is 0 Å². The maximum Gasteiger partial charge on any atom is -0.00460 e. The van der Waals surface area contributed by atoms with Crippen LogP contribution in [-0.2, 0) is 0 Å². The SMILES string of the molecule is CC(C)[C@@H]1C[C@H]1CN. The van der Waals surface area contributed by atoms with Gasteiger partial charge in [0, 0.05) is 0 Å². The van der Waals surface area contributed by atoms with Crippen molar-refractivity contribution in [3.63, 3.8) is 0 Å². The Morgan fingerprint density at radius 3 is 2.38 bits per heavy atom. The lowest BCUT2D eigenvalue weighted by atomic mass is 10.1. The van der Waals surface area contributed by atoms with Gasteiger partial charge >= 0.3 is 0 Å². The molecule has 1 saturated carbocycles. The third-order valence-corrected chi connectivity index (χ3v) is 2.14. The van der Waals surface area contributed by atoms with Gasteiger partial charge in [0.2, 0.25) is 0 Å². The number of hydrogen-bond acceptors (Lipinski definition) is 1. The fraction of sp³-hybridized carbons (Fsp3) is 1.00. The third-order valence-electron chi connectivity index (χ3n) is 2.14. The molecule has 1 nitrogen and oxygen atoms in total. The molecule has 0 heterocycles. The van der Waals surface area contributed by atoms with Crippen molar-refractivity contribution >= 4 is 0 Å². The fourth-order valence-electron chi connectivity index (χ4n) is 1.36. The average Bonchev–Trinajstić information content (AvgIpc) is 2.42. The van der Waals surface area contributed by atoms with Gasteiger partial charge in [-0.3, -0.25) is 0 Å². The van der Waals surface area contributed by atoms with Crippen LogP contribution in [0.5, 0.6) is 0 Å². The second kappa shape index (κ2) is 2.06. The van der Waals surface area contributed by atoms with Gasteiger partial charge in [-0.15, -0.1) is 0 Å². The van der Waals surface area contributed by atoms with Crippen molar-refractivity contribution in [3.8, 4) is 0 Å². The quantitative estimate of drug-likeness (QED) is 0.573. The Labute approximate surface area is 51.3 Å². The van der Waals surface area contributed by atoms with Crippen molar-refractivity contribution in [2.75, 3.05) is 6.54 Å². The summed E-state index contributed by atoms with van der Waals surface area (Å²) in [7, 11) is 0. The van der Waals surface area contributed by atoms with Crippen LogP contribution in [0.3, 0.4) is 0 Å². The molecule has 1 rings (SSSR count). The molecule has 0 spiro atoms. The second-order valence-corrected chi connectivity index (χ2v) is 3.14. The Morgan fingerprint density at radius 2 is 2.25 bits per heavy atom. The van der Waals surface area contributed by atoms with Crippen molar-refractivity contribution in [1.82, 2.24) is 0 Å². The summed E-state index contributed by atoms with van der Waals surface area (Å²) in [6, 6.07) is 0. The molecule has 48 valence electrons. The number of rotatable bonds is 2. The summed E-state index contributed by atoms with van der Waals surface area (Å²) in [4.78, 5) is 0. The Kier molecular flexibility index (Phi) is 1.57. The first-order chi connectivity index (χ1) is 3.75. The van der Waals surface area contributed by atoms with Crippen LogP contribution in [0.4, 0.5) is 0 Å². The predicted octanol–water partition coefficient (Wildman–Crippen LogP) is 1.24. The van der Waals surface area contributed by atoms with Crippen LogP contribution >= 0.6 is 0 Å². The highest BCUT2D eigenvalue weighted by Gasteiger charge is 2.37. The maximum atomic E-state index is 5.46.